The number of nitrogens with zero attached hydrogens (tertiary/aromatic N) is 2. The third kappa shape index (κ3) is 2.46. The van der Waals surface area contributed by atoms with Crippen LogP contribution >= 0.6 is 11.6 Å². The van der Waals surface area contributed by atoms with Gasteiger partial charge in [0.25, 0.3) is 5.91 Å². The van der Waals surface area contributed by atoms with E-state index in [0.29, 0.717) is 23.8 Å². The van der Waals surface area contributed by atoms with Gasteiger partial charge in [0.1, 0.15) is 5.69 Å². The Morgan fingerprint density at radius 2 is 2.22 bits per heavy atom. The molecule has 0 aromatic carbocycles. The second-order valence-electron chi connectivity index (χ2n) is 4.46. The molecule has 0 radical (unpaired) electrons. The number of carboxylic acids is 1. The first kappa shape index (κ1) is 12.8. The molecule has 1 fully saturated rings. The molecular formula is C12H13ClN2O3. The fraction of sp³-hybridized carbons (Fsp3) is 0.417. The summed E-state index contributed by atoms with van der Waals surface area (Å²) in [5, 5.41) is 9.32. The van der Waals surface area contributed by atoms with Gasteiger partial charge in [-0.1, -0.05) is 18.5 Å². The molecule has 1 aliphatic heterocycles. The number of halogens is 1. The van der Waals surface area contributed by atoms with E-state index in [0.717, 1.165) is 0 Å². The fourth-order valence-corrected chi connectivity index (χ4v) is 2.04. The maximum Gasteiger partial charge on any atom is 0.306 e. The Kier molecular flexibility index (Phi) is 3.52. The van der Waals surface area contributed by atoms with Crippen molar-refractivity contribution in [2.24, 2.45) is 11.8 Å². The monoisotopic (exact) mass is 268 g/mol. The molecular weight excluding hydrogens is 256 g/mol. The SMILES string of the molecule is CC(C(=O)O)C1CN(C(=O)c2cc(Cl)ccn2)C1. The van der Waals surface area contributed by atoms with Crippen LogP contribution in [0.5, 0.6) is 0 Å². The maximum absolute atomic E-state index is 12.0. The van der Waals surface area contributed by atoms with Crippen LogP contribution in [0.1, 0.15) is 17.4 Å². The Morgan fingerprint density at radius 1 is 1.56 bits per heavy atom. The number of hydrogen-bond donors (Lipinski definition) is 1. The number of amides is 1. The van der Waals surface area contributed by atoms with Crippen molar-refractivity contribution in [1.82, 2.24) is 9.88 Å². The van der Waals surface area contributed by atoms with Gasteiger partial charge in [-0.3, -0.25) is 14.6 Å². The first-order chi connectivity index (χ1) is 8.49. The minimum atomic E-state index is -0.826. The van der Waals surface area contributed by atoms with E-state index < -0.39 is 11.9 Å². The van der Waals surface area contributed by atoms with Crippen LogP contribution in [0.15, 0.2) is 18.3 Å². The molecule has 1 N–H and O–H groups in total. The Morgan fingerprint density at radius 3 is 2.78 bits per heavy atom. The van der Waals surface area contributed by atoms with Crippen LogP contribution in [-0.4, -0.2) is 40.0 Å². The van der Waals surface area contributed by atoms with Crippen LogP contribution in [-0.2, 0) is 4.79 Å². The highest BCUT2D eigenvalue weighted by Crippen LogP contribution is 2.25. The van der Waals surface area contributed by atoms with Gasteiger partial charge in [-0.05, 0) is 12.1 Å². The number of pyridine rings is 1. The molecule has 0 aliphatic carbocycles. The molecule has 18 heavy (non-hydrogen) atoms. The Bertz CT molecular complexity index is 486. The highest BCUT2D eigenvalue weighted by Gasteiger charge is 2.37. The molecule has 1 aliphatic rings. The lowest BCUT2D eigenvalue weighted by molar-refractivity contribution is -0.144. The molecule has 1 aromatic heterocycles. The zero-order valence-electron chi connectivity index (χ0n) is 9.84. The minimum Gasteiger partial charge on any atom is -0.481 e. The first-order valence-corrected chi connectivity index (χ1v) is 6.00. The summed E-state index contributed by atoms with van der Waals surface area (Å²) in [4.78, 5) is 28.3. The van der Waals surface area contributed by atoms with Gasteiger partial charge in [0.15, 0.2) is 0 Å². The zero-order valence-corrected chi connectivity index (χ0v) is 10.6. The predicted molar refractivity (Wildman–Crippen MR) is 65.4 cm³/mol. The molecule has 5 nitrogen and oxygen atoms in total. The second-order valence-corrected chi connectivity index (χ2v) is 4.89. The van der Waals surface area contributed by atoms with Crippen LogP contribution in [0.25, 0.3) is 0 Å². The van der Waals surface area contributed by atoms with E-state index in [4.69, 9.17) is 16.7 Å². The number of aliphatic carboxylic acids is 1. The van der Waals surface area contributed by atoms with Crippen molar-refractivity contribution in [2.45, 2.75) is 6.92 Å². The molecule has 1 atom stereocenters. The lowest BCUT2D eigenvalue weighted by Crippen LogP contribution is -2.53. The molecule has 0 saturated carbocycles. The number of aromatic nitrogens is 1. The molecule has 1 saturated heterocycles. The van der Waals surface area contributed by atoms with Crippen molar-refractivity contribution in [3.8, 4) is 0 Å². The van der Waals surface area contributed by atoms with Gasteiger partial charge in [-0.15, -0.1) is 0 Å². The van der Waals surface area contributed by atoms with E-state index in [1.54, 1.807) is 17.9 Å². The van der Waals surface area contributed by atoms with Gasteiger partial charge in [0, 0.05) is 30.2 Å². The molecule has 2 rings (SSSR count). The zero-order chi connectivity index (χ0) is 13.3. The largest absolute Gasteiger partial charge is 0.481 e. The normalized spacial score (nSPS) is 17.1. The first-order valence-electron chi connectivity index (χ1n) is 5.62. The quantitative estimate of drug-likeness (QED) is 0.902. The minimum absolute atomic E-state index is 0.0191. The Balaban J connectivity index is 1.96. The van der Waals surface area contributed by atoms with Crippen molar-refractivity contribution in [3.05, 3.63) is 29.0 Å². The van der Waals surface area contributed by atoms with Gasteiger partial charge < -0.3 is 10.0 Å². The molecule has 1 aromatic rings. The van der Waals surface area contributed by atoms with Crippen molar-refractivity contribution in [3.63, 3.8) is 0 Å². The van der Waals surface area contributed by atoms with Crippen LogP contribution in [0.4, 0.5) is 0 Å². The van der Waals surface area contributed by atoms with E-state index in [2.05, 4.69) is 4.98 Å². The summed E-state index contributed by atoms with van der Waals surface area (Å²) in [6, 6.07) is 3.11. The average Bonchev–Trinajstić information content (AvgIpc) is 2.26. The summed E-state index contributed by atoms with van der Waals surface area (Å²) in [5.74, 6) is -1.44. The number of carboxylic acid groups (broad SMARTS) is 1. The number of rotatable bonds is 3. The highest BCUT2D eigenvalue weighted by molar-refractivity contribution is 6.30. The van der Waals surface area contributed by atoms with Crippen molar-refractivity contribution >= 4 is 23.5 Å². The summed E-state index contributed by atoms with van der Waals surface area (Å²) < 4.78 is 0. The molecule has 2 heterocycles. The highest BCUT2D eigenvalue weighted by atomic mass is 35.5. The molecule has 1 amide bonds. The van der Waals surface area contributed by atoms with E-state index in [1.165, 1.54) is 12.3 Å². The van der Waals surface area contributed by atoms with Crippen LogP contribution in [0, 0.1) is 11.8 Å². The summed E-state index contributed by atoms with van der Waals surface area (Å²) in [7, 11) is 0. The van der Waals surface area contributed by atoms with Gasteiger partial charge in [0.2, 0.25) is 0 Å². The second kappa shape index (κ2) is 4.94. The number of likely N-dealkylation sites (tertiary alicyclic amines) is 1. The maximum atomic E-state index is 12.0. The van der Waals surface area contributed by atoms with E-state index in [9.17, 15) is 9.59 Å². The van der Waals surface area contributed by atoms with E-state index in [-0.39, 0.29) is 11.8 Å². The van der Waals surface area contributed by atoms with Crippen LogP contribution < -0.4 is 0 Å². The van der Waals surface area contributed by atoms with Gasteiger partial charge in [-0.25, -0.2) is 0 Å². The molecule has 6 heteroatoms. The summed E-state index contributed by atoms with van der Waals surface area (Å²) in [5.41, 5.74) is 0.295. The molecule has 1 unspecified atom stereocenters. The van der Waals surface area contributed by atoms with E-state index in [1.807, 2.05) is 0 Å². The Labute approximate surface area is 109 Å². The fourth-order valence-electron chi connectivity index (χ4n) is 1.88. The summed E-state index contributed by atoms with van der Waals surface area (Å²) in [6.07, 6.45) is 1.48. The molecule has 96 valence electrons. The lowest BCUT2D eigenvalue weighted by atomic mass is 9.87. The average molecular weight is 269 g/mol. The number of hydrogen-bond acceptors (Lipinski definition) is 3. The van der Waals surface area contributed by atoms with Crippen molar-refractivity contribution in [2.75, 3.05) is 13.1 Å². The van der Waals surface area contributed by atoms with E-state index >= 15 is 0 Å². The lowest BCUT2D eigenvalue weighted by Gasteiger charge is -2.41. The van der Waals surface area contributed by atoms with Crippen molar-refractivity contribution < 1.29 is 14.7 Å². The van der Waals surface area contributed by atoms with Gasteiger partial charge >= 0.3 is 5.97 Å². The standard InChI is InChI=1S/C12H13ClN2O3/c1-7(12(17)18)8-5-15(6-8)11(16)10-4-9(13)2-3-14-10/h2-4,7-8H,5-6H2,1H3,(H,17,18). The third-order valence-corrected chi connectivity index (χ3v) is 3.47. The van der Waals surface area contributed by atoms with Crippen molar-refractivity contribution in [1.29, 1.82) is 0 Å². The number of carbonyl (C=O) groups is 2. The van der Waals surface area contributed by atoms with Crippen LogP contribution in [0.2, 0.25) is 5.02 Å². The summed E-state index contributed by atoms with van der Waals surface area (Å²) >= 11 is 5.79. The van der Waals surface area contributed by atoms with Gasteiger partial charge in [0.05, 0.1) is 5.92 Å². The number of carbonyl (C=O) groups excluding carboxylic acids is 1. The topological polar surface area (TPSA) is 70.5 Å². The van der Waals surface area contributed by atoms with Crippen LogP contribution in [0.3, 0.4) is 0 Å². The third-order valence-electron chi connectivity index (χ3n) is 3.23. The predicted octanol–water partition coefficient (Wildman–Crippen LogP) is 1.53. The molecule has 0 spiro atoms. The smallest absolute Gasteiger partial charge is 0.306 e. The van der Waals surface area contributed by atoms with Gasteiger partial charge in [-0.2, -0.15) is 0 Å². The Hall–Kier alpha value is -1.62. The molecule has 0 bridgehead atoms. The summed E-state index contributed by atoms with van der Waals surface area (Å²) in [6.45, 7) is 2.58.